The number of halogens is 3. The third-order valence-corrected chi connectivity index (χ3v) is 4.14. The van der Waals surface area contributed by atoms with E-state index in [1.54, 1.807) is 30.3 Å². The van der Waals surface area contributed by atoms with E-state index in [4.69, 9.17) is 45.6 Å². The number of aliphatic hydroxyl groups excluding tert-OH is 1. The number of benzene rings is 2. The average Bonchev–Trinajstić information content (AvgIpc) is 2.48. The summed E-state index contributed by atoms with van der Waals surface area (Å²) < 4.78 is 0. The molecule has 0 radical (unpaired) electrons. The Morgan fingerprint density at radius 2 is 1.83 bits per heavy atom. The van der Waals surface area contributed by atoms with Gasteiger partial charge in [-0.1, -0.05) is 46.9 Å². The van der Waals surface area contributed by atoms with Gasteiger partial charge in [-0.05, 0) is 36.2 Å². The molecule has 4 N–H and O–H groups in total. The van der Waals surface area contributed by atoms with Gasteiger partial charge in [-0.3, -0.25) is 4.79 Å². The van der Waals surface area contributed by atoms with Crippen molar-refractivity contribution in [2.75, 3.05) is 11.9 Å². The summed E-state index contributed by atoms with van der Waals surface area (Å²) in [7, 11) is 0. The molecule has 1 amide bonds. The maximum atomic E-state index is 11.5. The van der Waals surface area contributed by atoms with Crippen LogP contribution in [0.1, 0.15) is 17.9 Å². The highest BCUT2D eigenvalue weighted by molar-refractivity contribution is 6.41. The first-order valence-corrected chi connectivity index (χ1v) is 7.97. The van der Waals surface area contributed by atoms with Gasteiger partial charge in [-0.25, -0.2) is 0 Å². The summed E-state index contributed by atoms with van der Waals surface area (Å²) in [6, 6.07) is 10.3. The quantitative estimate of drug-likeness (QED) is 0.705. The lowest BCUT2D eigenvalue weighted by Gasteiger charge is -2.15. The van der Waals surface area contributed by atoms with Gasteiger partial charge in [-0.15, -0.1) is 0 Å². The van der Waals surface area contributed by atoms with Gasteiger partial charge in [0.05, 0.1) is 21.7 Å². The predicted molar refractivity (Wildman–Crippen MR) is 94.8 cm³/mol. The largest absolute Gasteiger partial charge is 0.396 e. The zero-order valence-corrected chi connectivity index (χ0v) is 14.3. The third kappa shape index (κ3) is 4.52. The molecule has 0 bridgehead atoms. The van der Waals surface area contributed by atoms with E-state index in [0.717, 1.165) is 0 Å². The fourth-order valence-corrected chi connectivity index (χ4v) is 3.15. The molecule has 2 rings (SSSR count). The summed E-state index contributed by atoms with van der Waals surface area (Å²) >= 11 is 18.2. The molecule has 0 spiro atoms. The van der Waals surface area contributed by atoms with Gasteiger partial charge in [0.15, 0.2) is 0 Å². The van der Waals surface area contributed by atoms with Crippen LogP contribution in [0.15, 0.2) is 36.4 Å². The van der Waals surface area contributed by atoms with Crippen LogP contribution >= 0.6 is 34.8 Å². The molecule has 0 aliphatic heterocycles. The monoisotopic (exact) mass is 372 g/mol. The molecule has 23 heavy (non-hydrogen) atoms. The number of hydrogen-bond acceptors (Lipinski definition) is 3. The topological polar surface area (TPSA) is 75.4 Å². The maximum absolute atomic E-state index is 11.5. The van der Waals surface area contributed by atoms with E-state index in [2.05, 4.69) is 5.32 Å². The van der Waals surface area contributed by atoms with Gasteiger partial charge >= 0.3 is 0 Å². The molecular formula is C16H15Cl3N2O2. The fraction of sp³-hybridized carbons (Fsp3) is 0.188. The molecule has 0 saturated carbocycles. The number of aliphatic hydroxyl groups is 1. The molecule has 2 aromatic carbocycles. The number of hydrogen-bond donors (Lipinski definition) is 3. The Bertz CT molecular complexity index is 699. The van der Waals surface area contributed by atoms with Crippen LogP contribution in [0.4, 0.5) is 11.4 Å². The third-order valence-electron chi connectivity index (χ3n) is 3.33. The molecule has 0 aliphatic rings. The Hall–Kier alpha value is -1.46. The summed E-state index contributed by atoms with van der Waals surface area (Å²) in [5.74, 6) is -1.04. The Labute approximate surface area is 149 Å². The molecule has 0 aromatic heterocycles. The molecular weight excluding hydrogens is 359 g/mol. The minimum atomic E-state index is -0.557. The second kappa shape index (κ2) is 7.88. The molecule has 0 aliphatic carbocycles. The van der Waals surface area contributed by atoms with Gasteiger partial charge in [-0.2, -0.15) is 0 Å². The number of nitrogens with two attached hydrogens (primary N) is 1. The summed E-state index contributed by atoms with van der Waals surface area (Å²) in [5, 5.41) is 13.4. The fourth-order valence-electron chi connectivity index (χ4n) is 2.24. The van der Waals surface area contributed by atoms with Crippen molar-refractivity contribution in [2.45, 2.75) is 12.3 Å². The van der Waals surface area contributed by atoms with Crippen LogP contribution in [0, 0.1) is 0 Å². The highest BCUT2D eigenvalue weighted by Gasteiger charge is 2.18. The van der Waals surface area contributed by atoms with Crippen molar-refractivity contribution >= 4 is 52.1 Å². The first-order chi connectivity index (χ1) is 10.9. The number of primary amides is 1. The SMILES string of the molecule is NC(=O)C(CCO)c1cccc(Nc2c(Cl)cc(Cl)cc2Cl)c1. The van der Waals surface area contributed by atoms with Crippen LogP contribution in [-0.2, 0) is 4.79 Å². The summed E-state index contributed by atoms with van der Waals surface area (Å²) in [6.45, 7) is -0.125. The summed E-state index contributed by atoms with van der Waals surface area (Å²) in [6.07, 6.45) is 0.265. The number of carbonyl (C=O) groups is 1. The van der Waals surface area contributed by atoms with Gasteiger partial charge in [0, 0.05) is 17.3 Å². The summed E-state index contributed by atoms with van der Waals surface area (Å²) in [4.78, 5) is 11.5. The standard InChI is InChI=1S/C16H15Cl3N2O2/c17-10-7-13(18)15(14(19)8-10)21-11-3-1-2-9(6-11)12(4-5-22)16(20)23/h1-3,6-8,12,21-22H,4-5H2,(H2,20,23). The molecule has 2 aromatic rings. The molecule has 0 saturated heterocycles. The van der Waals surface area contributed by atoms with Gasteiger partial charge in [0.1, 0.15) is 0 Å². The van der Waals surface area contributed by atoms with Crippen LogP contribution in [0.2, 0.25) is 15.1 Å². The van der Waals surface area contributed by atoms with E-state index < -0.39 is 11.8 Å². The molecule has 4 nitrogen and oxygen atoms in total. The molecule has 0 heterocycles. The van der Waals surface area contributed by atoms with Crippen molar-refractivity contribution in [2.24, 2.45) is 5.73 Å². The van der Waals surface area contributed by atoms with E-state index in [1.807, 2.05) is 6.07 Å². The lowest BCUT2D eigenvalue weighted by Crippen LogP contribution is -2.22. The summed E-state index contributed by atoms with van der Waals surface area (Å²) in [5.41, 5.74) is 7.31. The predicted octanol–water partition coefficient (Wildman–Crippen LogP) is 4.34. The van der Waals surface area contributed by atoms with Crippen LogP contribution in [0.3, 0.4) is 0 Å². The second-order valence-corrected chi connectivity index (χ2v) is 6.21. The Kier molecular flexibility index (Phi) is 6.13. The van der Waals surface area contributed by atoms with Crippen LogP contribution in [0.5, 0.6) is 0 Å². The van der Waals surface area contributed by atoms with E-state index >= 15 is 0 Å². The first-order valence-electron chi connectivity index (χ1n) is 6.84. The minimum Gasteiger partial charge on any atom is -0.396 e. The van der Waals surface area contributed by atoms with Crippen LogP contribution in [-0.4, -0.2) is 17.6 Å². The second-order valence-electron chi connectivity index (χ2n) is 4.96. The number of rotatable bonds is 6. The van der Waals surface area contributed by atoms with Crippen LogP contribution < -0.4 is 11.1 Å². The van der Waals surface area contributed by atoms with Gasteiger partial charge in [0.2, 0.25) is 5.91 Å². The van der Waals surface area contributed by atoms with Crippen molar-refractivity contribution in [3.05, 3.63) is 57.0 Å². The van der Waals surface area contributed by atoms with E-state index in [-0.39, 0.29) is 13.0 Å². The molecule has 122 valence electrons. The highest BCUT2D eigenvalue weighted by atomic mass is 35.5. The van der Waals surface area contributed by atoms with E-state index in [9.17, 15) is 4.79 Å². The number of nitrogens with one attached hydrogen (secondary N) is 1. The first kappa shape index (κ1) is 17.9. The van der Waals surface area contributed by atoms with E-state index in [1.165, 1.54) is 0 Å². The van der Waals surface area contributed by atoms with Crippen molar-refractivity contribution in [1.29, 1.82) is 0 Å². The smallest absolute Gasteiger partial charge is 0.225 e. The zero-order chi connectivity index (χ0) is 17.0. The van der Waals surface area contributed by atoms with Crippen molar-refractivity contribution in [3.8, 4) is 0 Å². The van der Waals surface area contributed by atoms with Crippen molar-refractivity contribution < 1.29 is 9.90 Å². The Morgan fingerprint density at radius 3 is 2.39 bits per heavy atom. The average molecular weight is 374 g/mol. The highest BCUT2D eigenvalue weighted by Crippen LogP contribution is 2.36. The molecule has 7 heteroatoms. The number of amides is 1. The van der Waals surface area contributed by atoms with Crippen molar-refractivity contribution in [1.82, 2.24) is 0 Å². The number of carbonyl (C=O) groups excluding carboxylic acids is 1. The molecule has 1 unspecified atom stereocenters. The lowest BCUT2D eigenvalue weighted by molar-refractivity contribution is -0.119. The van der Waals surface area contributed by atoms with E-state index in [0.29, 0.717) is 32.0 Å². The Morgan fingerprint density at radius 1 is 1.17 bits per heavy atom. The van der Waals surface area contributed by atoms with Gasteiger partial charge in [0.25, 0.3) is 0 Å². The van der Waals surface area contributed by atoms with Crippen LogP contribution in [0.25, 0.3) is 0 Å². The molecule has 1 atom stereocenters. The maximum Gasteiger partial charge on any atom is 0.225 e. The number of anilines is 2. The van der Waals surface area contributed by atoms with Crippen molar-refractivity contribution in [3.63, 3.8) is 0 Å². The minimum absolute atomic E-state index is 0.125. The lowest BCUT2D eigenvalue weighted by atomic mass is 9.95. The van der Waals surface area contributed by atoms with Gasteiger partial charge < -0.3 is 16.2 Å². The normalized spacial score (nSPS) is 12.0. The Balaban J connectivity index is 2.32. The molecule has 0 fully saturated rings. The zero-order valence-electron chi connectivity index (χ0n) is 12.0.